The Morgan fingerprint density at radius 2 is 1.78 bits per heavy atom. The van der Waals surface area contributed by atoms with Crippen molar-refractivity contribution in [2.75, 3.05) is 13.9 Å². The van der Waals surface area contributed by atoms with E-state index in [-0.39, 0.29) is 6.79 Å². The van der Waals surface area contributed by atoms with Crippen LogP contribution < -0.4 is 15.3 Å². The van der Waals surface area contributed by atoms with Crippen LogP contribution in [-0.2, 0) is 4.74 Å². The van der Waals surface area contributed by atoms with E-state index in [1.54, 1.807) is 7.11 Å². The number of hydrogen-bond donors (Lipinski definition) is 0. The molecule has 3 nitrogen and oxygen atoms in total. The highest BCUT2D eigenvalue weighted by Gasteiger charge is 2.10. The first-order valence-corrected chi connectivity index (χ1v) is 9.85. The van der Waals surface area contributed by atoms with Crippen LogP contribution in [0.4, 0.5) is 5.69 Å². The van der Waals surface area contributed by atoms with Gasteiger partial charge in [-0.25, -0.2) is 0 Å². The summed E-state index contributed by atoms with van der Waals surface area (Å²) in [7, 11) is 2.11. The number of hydrogen-bond acceptors (Lipinski definition) is 3. The fraction of sp³-hybridized carbons (Fsp3) is 0.174. The van der Waals surface area contributed by atoms with Gasteiger partial charge in [-0.05, 0) is 49.0 Å². The van der Waals surface area contributed by atoms with E-state index < -0.39 is 0 Å². The number of aryl methyl sites for hydroxylation is 2. The van der Waals surface area contributed by atoms with Gasteiger partial charge in [-0.1, -0.05) is 56.6 Å². The second kappa shape index (κ2) is 9.45. The maximum Gasteiger partial charge on any atom is 0.188 e. The highest BCUT2D eigenvalue weighted by molar-refractivity contribution is 7.56. The molecule has 27 heavy (non-hydrogen) atoms. The largest absolute Gasteiger partial charge is 0.467 e. The summed E-state index contributed by atoms with van der Waals surface area (Å²) in [6.07, 6.45) is 1.95. The van der Waals surface area contributed by atoms with Gasteiger partial charge in [-0.3, -0.25) is 4.99 Å². The average Bonchev–Trinajstić information content (AvgIpc) is 2.68. The van der Waals surface area contributed by atoms with Crippen molar-refractivity contribution in [2.45, 2.75) is 13.8 Å². The van der Waals surface area contributed by atoms with Gasteiger partial charge in [-0.15, -0.1) is 0 Å². The van der Waals surface area contributed by atoms with Crippen molar-refractivity contribution < 1.29 is 9.47 Å². The maximum absolute atomic E-state index is 5.77. The molecule has 0 fully saturated rings. The third-order valence-electron chi connectivity index (χ3n) is 4.14. The maximum atomic E-state index is 5.77. The van der Waals surface area contributed by atoms with E-state index in [0.717, 1.165) is 17.0 Å². The Bertz CT molecular complexity index is 923. The van der Waals surface area contributed by atoms with Gasteiger partial charge in [0, 0.05) is 24.2 Å². The summed E-state index contributed by atoms with van der Waals surface area (Å²) >= 11 is 0. The quantitative estimate of drug-likeness (QED) is 0.340. The molecule has 3 rings (SSSR count). The molecule has 4 heteroatoms. The van der Waals surface area contributed by atoms with Gasteiger partial charge in [0.25, 0.3) is 0 Å². The van der Waals surface area contributed by atoms with Crippen molar-refractivity contribution in [1.29, 1.82) is 0 Å². The van der Waals surface area contributed by atoms with E-state index in [9.17, 15) is 0 Å². The third kappa shape index (κ3) is 5.26. The smallest absolute Gasteiger partial charge is 0.188 e. The van der Waals surface area contributed by atoms with Gasteiger partial charge < -0.3 is 9.47 Å². The first-order chi connectivity index (χ1) is 13.2. The minimum Gasteiger partial charge on any atom is -0.467 e. The molecule has 3 aromatic carbocycles. The zero-order valence-corrected chi connectivity index (χ0v) is 16.9. The first kappa shape index (κ1) is 19.3. The fourth-order valence-electron chi connectivity index (χ4n) is 2.75. The van der Waals surface area contributed by atoms with Crippen LogP contribution in [0.25, 0.3) is 0 Å². The molecule has 138 valence electrons. The van der Waals surface area contributed by atoms with Gasteiger partial charge in [-0.2, -0.15) is 0 Å². The van der Waals surface area contributed by atoms with Crippen LogP contribution in [0.2, 0.25) is 0 Å². The predicted octanol–water partition coefficient (Wildman–Crippen LogP) is 4.67. The molecule has 0 aliphatic carbocycles. The number of nitrogens with zero attached hydrogens (tertiary/aromatic N) is 1. The van der Waals surface area contributed by atoms with E-state index in [1.807, 2.05) is 42.6 Å². The second-order valence-electron chi connectivity index (χ2n) is 6.31. The Hall–Kier alpha value is -2.48. The van der Waals surface area contributed by atoms with E-state index in [2.05, 4.69) is 49.2 Å². The number of ether oxygens (including phenoxy) is 2. The molecule has 1 atom stereocenters. The average molecular weight is 377 g/mol. The van der Waals surface area contributed by atoms with Crippen LogP contribution in [0.5, 0.6) is 5.75 Å². The van der Waals surface area contributed by atoms with Crippen LogP contribution in [-0.4, -0.2) is 20.1 Å². The molecule has 0 aromatic heterocycles. The standard InChI is InChI=1S/C23H24NO2P/c1-17-12-13-21(26-16-25-3)22(14-17)27-23-18(2)8-7-9-19(23)15-24-20-10-5-4-6-11-20/h4-15,27H,16H2,1-3H3. The molecular formula is C23H24NO2P. The van der Waals surface area contributed by atoms with E-state index in [0.29, 0.717) is 8.58 Å². The van der Waals surface area contributed by atoms with Gasteiger partial charge in [0.05, 0.1) is 5.69 Å². The van der Waals surface area contributed by atoms with E-state index >= 15 is 0 Å². The lowest BCUT2D eigenvalue weighted by Gasteiger charge is -2.15. The summed E-state index contributed by atoms with van der Waals surface area (Å²) in [5, 5.41) is 2.46. The van der Waals surface area contributed by atoms with Crippen molar-refractivity contribution in [3.63, 3.8) is 0 Å². The van der Waals surface area contributed by atoms with Crippen LogP contribution in [0.1, 0.15) is 16.7 Å². The van der Waals surface area contributed by atoms with Crippen LogP contribution in [0.3, 0.4) is 0 Å². The molecule has 0 radical (unpaired) electrons. The summed E-state index contributed by atoms with van der Waals surface area (Å²) < 4.78 is 10.8. The van der Waals surface area contributed by atoms with Crippen LogP contribution >= 0.6 is 8.58 Å². The van der Waals surface area contributed by atoms with Crippen molar-refractivity contribution in [3.8, 4) is 5.75 Å². The molecule has 0 aliphatic heterocycles. The molecule has 0 saturated carbocycles. The number of rotatable bonds is 7. The van der Waals surface area contributed by atoms with Crippen LogP contribution in [0.15, 0.2) is 71.7 Å². The topological polar surface area (TPSA) is 30.8 Å². The molecular weight excluding hydrogens is 353 g/mol. The molecule has 0 aliphatic rings. The molecule has 0 heterocycles. The number of methoxy groups -OCH3 is 1. The van der Waals surface area contributed by atoms with Crippen molar-refractivity contribution in [2.24, 2.45) is 4.99 Å². The summed E-state index contributed by atoms with van der Waals surface area (Å²) in [4.78, 5) is 4.64. The highest BCUT2D eigenvalue weighted by Crippen LogP contribution is 2.24. The normalized spacial score (nSPS) is 11.5. The number of para-hydroxylation sites is 1. The Balaban J connectivity index is 1.94. The summed E-state index contributed by atoms with van der Waals surface area (Å²) in [6, 6.07) is 22.6. The van der Waals surface area contributed by atoms with E-state index in [1.165, 1.54) is 21.7 Å². The zero-order valence-electron chi connectivity index (χ0n) is 15.9. The molecule has 0 spiro atoms. The monoisotopic (exact) mass is 377 g/mol. The minimum atomic E-state index is 0.247. The lowest BCUT2D eigenvalue weighted by atomic mass is 10.1. The lowest BCUT2D eigenvalue weighted by molar-refractivity contribution is 0.0519. The number of aliphatic imine (C=N–C) groups is 1. The van der Waals surface area contributed by atoms with Crippen molar-refractivity contribution in [1.82, 2.24) is 0 Å². The second-order valence-corrected chi connectivity index (χ2v) is 7.60. The molecule has 0 bridgehead atoms. The number of benzene rings is 3. The summed E-state index contributed by atoms with van der Waals surface area (Å²) in [5.41, 5.74) is 4.56. The Labute approximate surface area is 162 Å². The van der Waals surface area contributed by atoms with Gasteiger partial charge in [0.15, 0.2) is 6.79 Å². The van der Waals surface area contributed by atoms with Crippen molar-refractivity contribution >= 4 is 31.1 Å². The molecule has 0 saturated heterocycles. The summed E-state index contributed by atoms with van der Waals surface area (Å²) in [6.45, 7) is 4.49. The predicted molar refractivity (Wildman–Crippen MR) is 116 cm³/mol. The molecule has 1 unspecified atom stereocenters. The van der Waals surface area contributed by atoms with Gasteiger partial charge >= 0.3 is 0 Å². The SMILES string of the molecule is COCOc1ccc(C)cc1Pc1c(C)cccc1C=Nc1ccccc1. The minimum absolute atomic E-state index is 0.247. The summed E-state index contributed by atoms with van der Waals surface area (Å²) in [5.74, 6) is 0.870. The Kier molecular flexibility index (Phi) is 6.75. The van der Waals surface area contributed by atoms with Gasteiger partial charge in [0.2, 0.25) is 0 Å². The first-order valence-electron chi connectivity index (χ1n) is 8.85. The van der Waals surface area contributed by atoms with E-state index in [4.69, 9.17) is 9.47 Å². The third-order valence-corrected chi connectivity index (χ3v) is 5.73. The van der Waals surface area contributed by atoms with Gasteiger partial charge in [0.1, 0.15) is 5.75 Å². The zero-order chi connectivity index (χ0) is 19.1. The molecule has 0 N–H and O–H groups in total. The fourth-order valence-corrected chi connectivity index (χ4v) is 4.17. The Morgan fingerprint density at radius 3 is 2.56 bits per heavy atom. The van der Waals surface area contributed by atoms with Crippen LogP contribution in [0, 0.1) is 13.8 Å². The van der Waals surface area contributed by atoms with Crippen molar-refractivity contribution in [3.05, 3.63) is 83.4 Å². The highest BCUT2D eigenvalue weighted by atomic mass is 31.1. The molecule has 3 aromatic rings. The molecule has 0 amide bonds. The Morgan fingerprint density at radius 1 is 0.963 bits per heavy atom. The lowest BCUT2D eigenvalue weighted by Crippen LogP contribution is -2.15.